The van der Waals surface area contributed by atoms with E-state index >= 15 is 0 Å². The summed E-state index contributed by atoms with van der Waals surface area (Å²) < 4.78 is 27.8. The molecule has 0 N–H and O–H groups in total. The molecule has 0 amide bonds. The molecule has 0 saturated heterocycles. The maximum Gasteiger partial charge on any atom is 0.314 e. The molecule has 0 radical (unpaired) electrons. The molecule has 0 fully saturated rings. The molecule has 0 saturated carbocycles. The van der Waals surface area contributed by atoms with Crippen LogP contribution in [-0.4, -0.2) is 0 Å². The average Bonchev–Trinajstić information content (AvgIpc) is 1.85. The van der Waals surface area contributed by atoms with Gasteiger partial charge in [0.25, 0.3) is 0 Å². The van der Waals surface area contributed by atoms with Crippen molar-refractivity contribution in [1.82, 2.24) is 0 Å². The van der Waals surface area contributed by atoms with E-state index in [1.54, 1.807) is 0 Å². The van der Waals surface area contributed by atoms with Gasteiger partial charge >= 0.3 is 6.01 Å². The van der Waals surface area contributed by atoms with Crippen LogP contribution in [0.5, 0.6) is 0 Å². The van der Waals surface area contributed by atoms with Gasteiger partial charge in [0.05, 0.1) is 0 Å². The van der Waals surface area contributed by atoms with E-state index in [2.05, 4.69) is 4.42 Å². The lowest BCUT2D eigenvalue weighted by molar-refractivity contribution is 0.317. The van der Waals surface area contributed by atoms with E-state index in [-0.39, 0.29) is 5.76 Å². The fourth-order valence-electron chi connectivity index (χ4n) is 0.455. The standard InChI is InChI=1S/C5H4F2O/c1-3-2-4(6)5(7)8-3/h2H,1H3. The van der Waals surface area contributed by atoms with Crippen LogP contribution in [0.2, 0.25) is 0 Å². The van der Waals surface area contributed by atoms with Crippen molar-refractivity contribution in [2.75, 3.05) is 0 Å². The third-order valence-electron chi connectivity index (χ3n) is 0.768. The predicted molar refractivity (Wildman–Crippen MR) is 23.4 cm³/mol. The molecule has 0 aliphatic rings. The third kappa shape index (κ3) is 0.710. The van der Waals surface area contributed by atoms with Gasteiger partial charge in [0.2, 0.25) is 0 Å². The first-order chi connectivity index (χ1) is 3.70. The van der Waals surface area contributed by atoms with Gasteiger partial charge in [0.1, 0.15) is 5.76 Å². The molecular weight excluding hydrogens is 114 g/mol. The molecule has 0 unspecified atom stereocenters. The Morgan fingerprint density at radius 1 is 1.50 bits per heavy atom. The highest BCUT2D eigenvalue weighted by Crippen LogP contribution is 2.09. The van der Waals surface area contributed by atoms with Crippen LogP contribution in [0.25, 0.3) is 0 Å². The summed E-state index contributed by atoms with van der Waals surface area (Å²) >= 11 is 0. The lowest BCUT2D eigenvalue weighted by Gasteiger charge is -1.73. The first-order valence-corrected chi connectivity index (χ1v) is 2.11. The van der Waals surface area contributed by atoms with E-state index in [9.17, 15) is 8.78 Å². The van der Waals surface area contributed by atoms with E-state index in [0.717, 1.165) is 6.07 Å². The van der Waals surface area contributed by atoms with Crippen LogP contribution in [-0.2, 0) is 0 Å². The molecule has 1 aromatic rings. The van der Waals surface area contributed by atoms with E-state index in [1.165, 1.54) is 6.92 Å². The first-order valence-electron chi connectivity index (χ1n) is 2.11. The topological polar surface area (TPSA) is 13.1 Å². The van der Waals surface area contributed by atoms with Crippen molar-refractivity contribution < 1.29 is 13.2 Å². The molecule has 1 aromatic heterocycles. The Morgan fingerprint density at radius 3 is 2.25 bits per heavy atom. The molecule has 0 aromatic carbocycles. The summed E-state index contributed by atoms with van der Waals surface area (Å²) in [4.78, 5) is 0. The Hall–Kier alpha value is -0.860. The van der Waals surface area contributed by atoms with Crippen molar-refractivity contribution in [2.24, 2.45) is 0 Å². The minimum Gasteiger partial charge on any atom is -0.434 e. The minimum atomic E-state index is -1.14. The van der Waals surface area contributed by atoms with E-state index in [1.807, 2.05) is 0 Å². The van der Waals surface area contributed by atoms with Gasteiger partial charge in [0, 0.05) is 6.07 Å². The Labute approximate surface area is 44.9 Å². The van der Waals surface area contributed by atoms with Crippen LogP contribution in [0.1, 0.15) is 5.76 Å². The number of rotatable bonds is 0. The molecule has 44 valence electrons. The van der Waals surface area contributed by atoms with Crippen molar-refractivity contribution in [3.05, 3.63) is 23.7 Å². The molecule has 0 bridgehead atoms. The van der Waals surface area contributed by atoms with Gasteiger partial charge in [-0.15, -0.1) is 0 Å². The van der Waals surface area contributed by atoms with Crippen molar-refractivity contribution >= 4 is 0 Å². The number of halogens is 2. The van der Waals surface area contributed by atoms with Crippen molar-refractivity contribution in [1.29, 1.82) is 0 Å². The zero-order chi connectivity index (χ0) is 6.15. The van der Waals surface area contributed by atoms with Gasteiger partial charge in [-0.05, 0) is 6.92 Å². The molecule has 0 aliphatic carbocycles. The summed E-state index contributed by atoms with van der Waals surface area (Å²) in [6.45, 7) is 1.48. The van der Waals surface area contributed by atoms with E-state index < -0.39 is 11.8 Å². The lowest BCUT2D eigenvalue weighted by Crippen LogP contribution is -1.66. The van der Waals surface area contributed by atoms with Crippen LogP contribution < -0.4 is 0 Å². The van der Waals surface area contributed by atoms with Gasteiger partial charge in [-0.25, -0.2) is 0 Å². The van der Waals surface area contributed by atoms with Crippen molar-refractivity contribution in [3.63, 3.8) is 0 Å². The Kier molecular flexibility index (Phi) is 1.04. The predicted octanol–water partition coefficient (Wildman–Crippen LogP) is 1.87. The zero-order valence-electron chi connectivity index (χ0n) is 4.24. The molecule has 0 aliphatic heterocycles. The smallest absolute Gasteiger partial charge is 0.314 e. The van der Waals surface area contributed by atoms with Crippen LogP contribution in [0.3, 0.4) is 0 Å². The van der Waals surface area contributed by atoms with E-state index in [4.69, 9.17) is 0 Å². The Bertz CT molecular complexity index is 173. The summed E-state index contributed by atoms with van der Waals surface area (Å²) in [5, 5.41) is 0. The number of furan rings is 1. The summed E-state index contributed by atoms with van der Waals surface area (Å²) in [5.41, 5.74) is 0. The number of hydrogen-bond donors (Lipinski definition) is 0. The van der Waals surface area contributed by atoms with Crippen molar-refractivity contribution in [3.8, 4) is 0 Å². The van der Waals surface area contributed by atoms with Crippen LogP contribution in [0.4, 0.5) is 8.78 Å². The van der Waals surface area contributed by atoms with Gasteiger partial charge in [0.15, 0.2) is 5.82 Å². The minimum absolute atomic E-state index is 0.250. The van der Waals surface area contributed by atoms with Crippen molar-refractivity contribution in [2.45, 2.75) is 6.92 Å². The fourth-order valence-corrected chi connectivity index (χ4v) is 0.455. The van der Waals surface area contributed by atoms with Crippen LogP contribution in [0.15, 0.2) is 10.5 Å². The van der Waals surface area contributed by atoms with Gasteiger partial charge < -0.3 is 4.42 Å². The largest absolute Gasteiger partial charge is 0.434 e. The first kappa shape index (κ1) is 5.28. The maximum atomic E-state index is 11.9. The van der Waals surface area contributed by atoms with E-state index in [0.29, 0.717) is 0 Å². The van der Waals surface area contributed by atoms with Gasteiger partial charge in [-0.2, -0.15) is 8.78 Å². The van der Waals surface area contributed by atoms with Crippen LogP contribution >= 0.6 is 0 Å². The highest BCUT2D eigenvalue weighted by molar-refractivity contribution is 4.99. The summed E-state index contributed by atoms with van der Waals surface area (Å²) in [5.74, 6) is -0.678. The highest BCUT2D eigenvalue weighted by Gasteiger charge is 2.04. The molecule has 0 spiro atoms. The van der Waals surface area contributed by atoms with Gasteiger partial charge in [-0.3, -0.25) is 0 Å². The molecular formula is C5H4F2O. The summed E-state index contributed by atoms with van der Waals surface area (Å²) in [7, 11) is 0. The fraction of sp³-hybridized carbons (Fsp3) is 0.200. The highest BCUT2D eigenvalue weighted by atomic mass is 19.2. The molecule has 0 atom stereocenters. The molecule has 1 heterocycles. The average molecular weight is 118 g/mol. The van der Waals surface area contributed by atoms with Gasteiger partial charge in [-0.1, -0.05) is 0 Å². The maximum absolute atomic E-state index is 11.9. The molecule has 3 heteroatoms. The second-order valence-electron chi connectivity index (χ2n) is 1.48. The van der Waals surface area contributed by atoms with Crippen LogP contribution in [0, 0.1) is 18.8 Å². The number of aryl methyl sites for hydroxylation is 1. The lowest BCUT2D eigenvalue weighted by atomic mass is 10.5. The molecule has 1 rings (SSSR count). The molecule has 8 heavy (non-hydrogen) atoms. The third-order valence-corrected chi connectivity index (χ3v) is 0.768. The summed E-state index contributed by atoms with van der Waals surface area (Å²) in [6, 6.07) is -0.141. The SMILES string of the molecule is Cc1cc(F)c(F)o1. The Morgan fingerprint density at radius 2 is 2.12 bits per heavy atom. The quantitative estimate of drug-likeness (QED) is 0.506. The zero-order valence-corrected chi connectivity index (χ0v) is 4.24. The summed E-state index contributed by atoms with van der Waals surface area (Å²) in [6.07, 6.45) is 0. The normalized spacial score (nSPS) is 9.88. The molecule has 1 nitrogen and oxygen atoms in total. The second-order valence-corrected chi connectivity index (χ2v) is 1.48. The Balaban J connectivity index is 3.14. The second kappa shape index (κ2) is 1.58. The monoisotopic (exact) mass is 118 g/mol. The number of hydrogen-bond acceptors (Lipinski definition) is 1.